The zero-order chi connectivity index (χ0) is 14.0. The number of rotatable bonds is 4. The van der Waals surface area contributed by atoms with Crippen LogP contribution < -0.4 is 5.73 Å². The number of sulfonamides is 1. The Bertz CT molecular complexity index is 522. The van der Waals surface area contributed by atoms with E-state index in [-0.39, 0.29) is 15.5 Å². The lowest BCUT2D eigenvalue weighted by Gasteiger charge is -2.35. The van der Waals surface area contributed by atoms with Gasteiger partial charge in [-0.25, -0.2) is 8.42 Å². The van der Waals surface area contributed by atoms with Crippen molar-refractivity contribution >= 4 is 26.5 Å². The Morgan fingerprint density at radius 3 is 2.53 bits per heavy atom. The number of hydrogen-bond donors (Lipinski definition) is 1. The number of aromatic nitrogens is 2. The summed E-state index contributed by atoms with van der Waals surface area (Å²) in [6, 6.07) is 0.0259. The number of nitrogen functional groups attached to an aromatic ring is 1. The van der Waals surface area contributed by atoms with Gasteiger partial charge in [-0.05, 0) is 32.5 Å². The number of piperidine rings is 1. The van der Waals surface area contributed by atoms with Gasteiger partial charge in [-0.3, -0.25) is 0 Å². The lowest BCUT2D eigenvalue weighted by atomic mass is 10.1. The fourth-order valence-electron chi connectivity index (χ4n) is 2.24. The van der Waals surface area contributed by atoms with Crippen LogP contribution in [-0.2, 0) is 10.0 Å². The SMILES string of the molecule is CCN1CCC(N(C)S(=O)(=O)c2nnc(N)s2)CC1. The Hall–Kier alpha value is -0.770. The van der Waals surface area contributed by atoms with Gasteiger partial charge in [0.15, 0.2) is 0 Å². The molecule has 108 valence electrons. The van der Waals surface area contributed by atoms with Crippen LogP contribution >= 0.6 is 11.3 Å². The molecule has 1 saturated heterocycles. The molecule has 1 aromatic rings. The maximum atomic E-state index is 12.4. The molecule has 0 aliphatic carbocycles. The van der Waals surface area contributed by atoms with Gasteiger partial charge in [0.25, 0.3) is 10.0 Å². The van der Waals surface area contributed by atoms with Crippen LogP contribution in [0.15, 0.2) is 4.34 Å². The van der Waals surface area contributed by atoms with E-state index in [9.17, 15) is 8.42 Å². The highest BCUT2D eigenvalue weighted by molar-refractivity contribution is 7.91. The number of nitrogens with two attached hydrogens (primary N) is 1. The molecule has 2 N–H and O–H groups in total. The monoisotopic (exact) mass is 305 g/mol. The van der Waals surface area contributed by atoms with Gasteiger partial charge < -0.3 is 10.6 Å². The molecule has 0 saturated carbocycles. The Morgan fingerprint density at radius 2 is 2.05 bits per heavy atom. The summed E-state index contributed by atoms with van der Waals surface area (Å²) in [5, 5.41) is 7.38. The first-order valence-corrected chi connectivity index (χ1v) is 8.50. The van der Waals surface area contributed by atoms with E-state index in [1.165, 1.54) is 4.31 Å². The van der Waals surface area contributed by atoms with Crippen molar-refractivity contribution < 1.29 is 8.42 Å². The molecule has 0 unspecified atom stereocenters. The lowest BCUT2D eigenvalue weighted by Crippen LogP contribution is -2.45. The first kappa shape index (κ1) is 14.6. The van der Waals surface area contributed by atoms with Crippen molar-refractivity contribution in [3.8, 4) is 0 Å². The first-order chi connectivity index (χ1) is 8.95. The number of nitrogens with zero attached hydrogens (tertiary/aromatic N) is 4. The highest BCUT2D eigenvalue weighted by Crippen LogP contribution is 2.25. The molecule has 0 spiro atoms. The molecular formula is C10H19N5O2S2. The van der Waals surface area contributed by atoms with Crippen molar-refractivity contribution in [3.05, 3.63) is 0 Å². The maximum absolute atomic E-state index is 12.4. The quantitative estimate of drug-likeness (QED) is 0.856. The van der Waals surface area contributed by atoms with E-state index < -0.39 is 10.0 Å². The van der Waals surface area contributed by atoms with Crippen LogP contribution in [0.1, 0.15) is 19.8 Å². The molecule has 0 atom stereocenters. The third-order valence-electron chi connectivity index (χ3n) is 3.54. The van der Waals surface area contributed by atoms with Crippen LogP contribution in [0.4, 0.5) is 5.13 Å². The van der Waals surface area contributed by atoms with Crippen LogP contribution in [0.3, 0.4) is 0 Å². The minimum atomic E-state index is -3.56. The topological polar surface area (TPSA) is 92.4 Å². The molecule has 1 aromatic heterocycles. The predicted octanol–water partition coefficient (Wildman–Crippen LogP) is 0.225. The molecule has 7 nitrogen and oxygen atoms in total. The van der Waals surface area contributed by atoms with Crippen molar-refractivity contribution in [1.29, 1.82) is 0 Å². The smallest absolute Gasteiger partial charge is 0.272 e. The summed E-state index contributed by atoms with van der Waals surface area (Å²) >= 11 is 0.908. The summed E-state index contributed by atoms with van der Waals surface area (Å²) in [7, 11) is -1.95. The summed E-state index contributed by atoms with van der Waals surface area (Å²) < 4.78 is 26.1. The molecule has 0 aromatic carbocycles. The zero-order valence-corrected chi connectivity index (χ0v) is 12.7. The van der Waals surface area contributed by atoms with E-state index in [4.69, 9.17) is 5.73 Å². The van der Waals surface area contributed by atoms with Gasteiger partial charge in [0.05, 0.1) is 0 Å². The van der Waals surface area contributed by atoms with E-state index in [1.807, 2.05) is 0 Å². The van der Waals surface area contributed by atoms with Crippen molar-refractivity contribution in [2.24, 2.45) is 0 Å². The second-order valence-electron chi connectivity index (χ2n) is 4.59. The van der Waals surface area contributed by atoms with E-state index in [0.29, 0.717) is 0 Å². The second kappa shape index (κ2) is 5.70. The van der Waals surface area contributed by atoms with Crippen molar-refractivity contribution in [1.82, 2.24) is 19.4 Å². The molecule has 2 rings (SSSR count). The number of anilines is 1. The van der Waals surface area contributed by atoms with Gasteiger partial charge in [-0.15, -0.1) is 10.2 Å². The highest BCUT2D eigenvalue weighted by atomic mass is 32.2. The Labute approximate surface area is 117 Å². The first-order valence-electron chi connectivity index (χ1n) is 6.24. The van der Waals surface area contributed by atoms with E-state index >= 15 is 0 Å². The highest BCUT2D eigenvalue weighted by Gasteiger charge is 2.32. The van der Waals surface area contributed by atoms with Gasteiger partial charge in [0.2, 0.25) is 9.47 Å². The third kappa shape index (κ3) is 3.04. The van der Waals surface area contributed by atoms with Crippen LogP contribution in [0.25, 0.3) is 0 Å². The second-order valence-corrected chi connectivity index (χ2v) is 7.77. The van der Waals surface area contributed by atoms with E-state index in [1.54, 1.807) is 7.05 Å². The van der Waals surface area contributed by atoms with E-state index in [2.05, 4.69) is 22.0 Å². The average molecular weight is 305 g/mol. The van der Waals surface area contributed by atoms with Crippen LogP contribution in [-0.4, -0.2) is 60.5 Å². The molecule has 0 amide bonds. The predicted molar refractivity (Wildman–Crippen MR) is 74.4 cm³/mol. The minimum absolute atomic E-state index is 0.0228. The van der Waals surface area contributed by atoms with Crippen LogP contribution in [0, 0.1) is 0 Å². The number of likely N-dealkylation sites (tertiary alicyclic amines) is 1. The molecule has 0 bridgehead atoms. The molecule has 0 radical (unpaired) electrons. The maximum Gasteiger partial charge on any atom is 0.272 e. The van der Waals surface area contributed by atoms with Crippen molar-refractivity contribution in [2.45, 2.75) is 30.1 Å². The normalized spacial score (nSPS) is 19.1. The lowest BCUT2D eigenvalue weighted by molar-refractivity contribution is 0.176. The summed E-state index contributed by atoms with van der Waals surface area (Å²) in [4.78, 5) is 2.32. The fourth-order valence-corrected chi connectivity index (χ4v) is 4.61. The summed E-state index contributed by atoms with van der Waals surface area (Å²) in [5.41, 5.74) is 5.45. The van der Waals surface area contributed by atoms with Crippen LogP contribution in [0.5, 0.6) is 0 Å². The molecular weight excluding hydrogens is 286 g/mol. The Balaban J connectivity index is 2.09. The fraction of sp³-hybridized carbons (Fsp3) is 0.800. The van der Waals surface area contributed by atoms with Gasteiger partial charge in [0, 0.05) is 13.1 Å². The molecule has 1 aliphatic heterocycles. The molecule has 1 aliphatic rings. The molecule has 19 heavy (non-hydrogen) atoms. The average Bonchev–Trinajstić information content (AvgIpc) is 2.85. The number of hydrogen-bond acceptors (Lipinski definition) is 7. The summed E-state index contributed by atoms with van der Waals surface area (Å²) in [6.07, 6.45) is 1.69. The largest absolute Gasteiger partial charge is 0.374 e. The Kier molecular flexibility index (Phi) is 4.39. The van der Waals surface area contributed by atoms with Crippen LogP contribution in [0.2, 0.25) is 0 Å². The summed E-state index contributed by atoms with van der Waals surface area (Å²) in [5.74, 6) is 0. The minimum Gasteiger partial charge on any atom is -0.374 e. The zero-order valence-electron chi connectivity index (χ0n) is 11.1. The van der Waals surface area contributed by atoms with Gasteiger partial charge in [0.1, 0.15) is 0 Å². The molecule has 9 heteroatoms. The van der Waals surface area contributed by atoms with Gasteiger partial charge >= 0.3 is 0 Å². The Morgan fingerprint density at radius 1 is 1.42 bits per heavy atom. The van der Waals surface area contributed by atoms with E-state index in [0.717, 1.165) is 43.8 Å². The third-order valence-corrected chi connectivity index (χ3v) is 6.55. The summed E-state index contributed by atoms with van der Waals surface area (Å²) in [6.45, 7) is 4.99. The van der Waals surface area contributed by atoms with Gasteiger partial charge in [-0.1, -0.05) is 18.3 Å². The molecule has 2 heterocycles. The molecule has 1 fully saturated rings. The van der Waals surface area contributed by atoms with Crippen molar-refractivity contribution in [3.63, 3.8) is 0 Å². The van der Waals surface area contributed by atoms with Gasteiger partial charge in [-0.2, -0.15) is 4.31 Å². The van der Waals surface area contributed by atoms with Crippen molar-refractivity contribution in [2.75, 3.05) is 32.4 Å². The standard InChI is InChI=1S/C10H19N5O2S2/c1-3-15-6-4-8(5-7-15)14(2)19(16,17)10-13-12-9(11)18-10/h8H,3-7H2,1-2H3,(H2,11,12).